The van der Waals surface area contributed by atoms with Gasteiger partial charge in [-0.25, -0.2) is 4.79 Å². The molecule has 0 saturated heterocycles. The third-order valence-electron chi connectivity index (χ3n) is 3.42. The fourth-order valence-corrected chi connectivity index (χ4v) is 2.11. The summed E-state index contributed by atoms with van der Waals surface area (Å²) in [6.45, 7) is 1.76. The van der Waals surface area contributed by atoms with Crippen molar-refractivity contribution in [1.82, 2.24) is 0 Å². The topological polar surface area (TPSA) is 46.5 Å². The van der Waals surface area contributed by atoms with E-state index in [4.69, 9.17) is 4.74 Å². The van der Waals surface area contributed by atoms with Gasteiger partial charge in [0, 0.05) is 0 Å². The Labute approximate surface area is 125 Å². The molecule has 0 bridgehead atoms. The van der Waals surface area contributed by atoms with Crippen LogP contribution < -0.4 is 0 Å². The monoisotopic (exact) mass is 284 g/mol. The van der Waals surface area contributed by atoms with E-state index >= 15 is 0 Å². The molecule has 1 unspecified atom stereocenters. The lowest BCUT2D eigenvalue weighted by atomic mass is 9.96. The zero-order valence-corrected chi connectivity index (χ0v) is 12.2. The van der Waals surface area contributed by atoms with Crippen LogP contribution in [0.1, 0.15) is 24.5 Å². The lowest BCUT2D eigenvalue weighted by molar-refractivity contribution is -0.164. The summed E-state index contributed by atoms with van der Waals surface area (Å²) >= 11 is 0. The van der Waals surface area contributed by atoms with Crippen molar-refractivity contribution in [2.24, 2.45) is 0 Å². The normalized spacial score (nSPS) is 13.4. The van der Waals surface area contributed by atoms with E-state index in [1.54, 1.807) is 24.3 Å². The fourth-order valence-electron chi connectivity index (χ4n) is 2.11. The van der Waals surface area contributed by atoms with Gasteiger partial charge in [0.25, 0.3) is 0 Å². The average molecular weight is 284 g/mol. The van der Waals surface area contributed by atoms with E-state index in [-0.39, 0.29) is 0 Å². The maximum absolute atomic E-state index is 12.0. The average Bonchev–Trinajstić information content (AvgIpc) is 2.53. The molecule has 0 aliphatic heterocycles. The molecule has 0 heterocycles. The molecule has 21 heavy (non-hydrogen) atoms. The van der Waals surface area contributed by atoms with E-state index in [1.165, 1.54) is 12.5 Å². The van der Waals surface area contributed by atoms with Crippen molar-refractivity contribution in [2.45, 2.75) is 25.4 Å². The first-order valence-electron chi connectivity index (χ1n) is 7.10. The Bertz CT molecular complexity index is 562. The van der Waals surface area contributed by atoms with E-state index in [0.29, 0.717) is 12.2 Å². The summed E-state index contributed by atoms with van der Waals surface area (Å²) in [6.07, 6.45) is 1.59. The molecular weight excluding hydrogens is 264 g/mol. The third-order valence-corrected chi connectivity index (χ3v) is 3.42. The highest BCUT2D eigenvalue weighted by molar-refractivity contribution is 5.80. The molecule has 2 rings (SSSR count). The molecule has 0 radical (unpaired) electrons. The van der Waals surface area contributed by atoms with Crippen molar-refractivity contribution >= 4 is 5.97 Å². The number of carbonyl (C=O) groups is 1. The second kappa shape index (κ2) is 7.04. The highest BCUT2D eigenvalue weighted by atomic mass is 16.5. The molecule has 0 aromatic heterocycles. The van der Waals surface area contributed by atoms with Crippen molar-refractivity contribution in [3.63, 3.8) is 0 Å². The summed E-state index contributed by atoms with van der Waals surface area (Å²) in [7, 11) is 0. The van der Waals surface area contributed by atoms with Gasteiger partial charge in [-0.2, -0.15) is 0 Å². The largest absolute Gasteiger partial charge is 0.463 e. The maximum atomic E-state index is 12.0. The molecule has 0 aliphatic rings. The lowest BCUT2D eigenvalue weighted by Crippen LogP contribution is -2.34. The van der Waals surface area contributed by atoms with E-state index in [0.717, 1.165) is 12.8 Å². The van der Waals surface area contributed by atoms with Crippen LogP contribution in [0.4, 0.5) is 0 Å². The molecule has 0 spiro atoms. The number of aliphatic hydroxyl groups is 1. The molecule has 1 N–H and O–H groups in total. The standard InChI is InChI=1S/C18H20O3/c1-18(20,16-12-6-3-7-13-16)17(19)21-14-8-11-15-9-4-2-5-10-15/h2-7,9-10,12-13,20H,8,11,14H2,1H3. The molecule has 3 nitrogen and oxygen atoms in total. The molecule has 2 aromatic rings. The maximum Gasteiger partial charge on any atom is 0.342 e. The minimum Gasteiger partial charge on any atom is -0.463 e. The van der Waals surface area contributed by atoms with Gasteiger partial charge in [-0.15, -0.1) is 0 Å². The Hall–Kier alpha value is -2.13. The molecule has 0 fully saturated rings. The van der Waals surface area contributed by atoms with Gasteiger partial charge in [-0.05, 0) is 30.9 Å². The quantitative estimate of drug-likeness (QED) is 0.655. The van der Waals surface area contributed by atoms with Crippen LogP contribution >= 0.6 is 0 Å². The van der Waals surface area contributed by atoms with Crippen molar-refractivity contribution in [3.8, 4) is 0 Å². The molecule has 0 aliphatic carbocycles. The van der Waals surface area contributed by atoms with Crippen molar-refractivity contribution in [3.05, 3.63) is 71.8 Å². The molecule has 0 amide bonds. The molecular formula is C18H20O3. The number of aryl methyl sites for hydroxylation is 1. The van der Waals surface area contributed by atoms with Gasteiger partial charge in [0.1, 0.15) is 0 Å². The second-order valence-corrected chi connectivity index (χ2v) is 5.16. The highest BCUT2D eigenvalue weighted by Gasteiger charge is 2.33. The third kappa shape index (κ3) is 4.17. The Morgan fingerprint density at radius 1 is 1.05 bits per heavy atom. The van der Waals surface area contributed by atoms with Crippen LogP contribution in [-0.4, -0.2) is 17.7 Å². The lowest BCUT2D eigenvalue weighted by Gasteiger charge is -2.21. The van der Waals surface area contributed by atoms with Crippen LogP contribution in [0, 0.1) is 0 Å². The van der Waals surface area contributed by atoms with Gasteiger partial charge in [0.2, 0.25) is 0 Å². The molecule has 0 saturated carbocycles. The highest BCUT2D eigenvalue weighted by Crippen LogP contribution is 2.21. The summed E-state index contributed by atoms with van der Waals surface area (Å²) in [4.78, 5) is 12.0. The van der Waals surface area contributed by atoms with Gasteiger partial charge in [-0.3, -0.25) is 0 Å². The number of hydrogen-bond donors (Lipinski definition) is 1. The second-order valence-electron chi connectivity index (χ2n) is 5.16. The fraction of sp³-hybridized carbons (Fsp3) is 0.278. The van der Waals surface area contributed by atoms with Gasteiger partial charge in [-0.1, -0.05) is 60.7 Å². The van der Waals surface area contributed by atoms with Crippen LogP contribution in [0.15, 0.2) is 60.7 Å². The first-order chi connectivity index (χ1) is 10.1. The van der Waals surface area contributed by atoms with Crippen LogP contribution in [-0.2, 0) is 21.6 Å². The predicted octanol–water partition coefficient (Wildman–Crippen LogP) is 3.07. The Morgan fingerprint density at radius 3 is 2.24 bits per heavy atom. The first-order valence-corrected chi connectivity index (χ1v) is 7.10. The van der Waals surface area contributed by atoms with E-state index in [1.807, 2.05) is 36.4 Å². The number of esters is 1. The van der Waals surface area contributed by atoms with E-state index in [9.17, 15) is 9.90 Å². The first kappa shape index (κ1) is 15.3. The minimum absolute atomic E-state index is 0.302. The van der Waals surface area contributed by atoms with Gasteiger partial charge in [0.15, 0.2) is 5.60 Å². The van der Waals surface area contributed by atoms with Crippen LogP contribution in [0.3, 0.4) is 0 Å². The van der Waals surface area contributed by atoms with Gasteiger partial charge in [0.05, 0.1) is 6.61 Å². The number of benzene rings is 2. The summed E-state index contributed by atoms with van der Waals surface area (Å²) in [6, 6.07) is 18.9. The number of carbonyl (C=O) groups excluding carboxylic acids is 1. The summed E-state index contributed by atoms with van der Waals surface area (Å²) in [5, 5.41) is 10.3. The number of rotatable bonds is 6. The smallest absolute Gasteiger partial charge is 0.342 e. The van der Waals surface area contributed by atoms with Crippen molar-refractivity contribution in [2.75, 3.05) is 6.61 Å². The Balaban J connectivity index is 1.82. The van der Waals surface area contributed by atoms with Gasteiger partial charge < -0.3 is 9.84 Å². The van der Waals surface area contributed by atoms with Gasteiger partial charge >= 0.3 is 5.97 Å². The molecule has 1 atom stereocenters. The zero-order chi connectivity index (χ0) is 15.1. The number of ether oxygens (including phenoxy) is 1. The van der Waals surface area contributed by atoms with E-state index in [2.05, 4.69) is 0 Å². The minimum atomic E-state index is -1.60. The van der Waals surface area contributed by atoms with Crippen LogP contribution in [0.5, 0.6) is 0 Å². The summed E-state index contributed by atoms with van der Waals surface area (Å²) in [5.41, 5.74) is 0.148. The van der Waals surface area contributed by atoms with Crippen molar-refractivity contribution in [1.29, 1.82) is 0 Å². The van der Waals surface area contributed by atoms with E-state index < -0.39 is 11.6 Å². The predicted molar refractivity (Wildman–Crippen MR) is 81.7 cm³/mol. The SMILES string of the molecule is CC(O)(C(=O)OCCCc1ccccc1)c1ccccc1. The van der Waals surface area contributed by atoms with Crippen LogP contribution in [0.25, 0.3) is 0 Å². The molecule has 3 heteroatoms. The summed E-state index contributed by atoms with van der Waals surface area (Å²) < 4.78 is 5.19. The van der Waals surface area contributed by atoms with Crippen molar-refractivity contribution < 1.29 is 14.6 Å². The Morgan fingerprint density at radius 2 is 1.62 bits per heavy atom. The molecule has 2 aromatic carbocycles. The summed E-state index contributed by atoms with van der Waals surface area (Å²) in [5.74, 6) is -0.609. The molecule has 110 valence electrons. The number of hydrogen-bond acceptors (Lipinski definition) is 3. The Kier molecular flexibility index (Phi) is 5.12. The van der Waals surface area contributed by atoms with Crippen LogP contribution in [0.2, 0.25) is 0 Å². The zero-order valence-electron chi connectivity index (χ0n) is 12.2.